The van der Waals surface area contributed by atoms with Crippen molar-refractivity contribution in [3.8, 4) is 0 Å². The molecule has 2 N–H and O–H groups in total. The van der Waals surface area contributed by atoms with Gasteiger partial charge in [0.1, 0.15) is 12.4 Å². The van der Waals surface area contributed by atoms with Crippen LogP contribution < -0.4 is 10.6 Å². The van der Waals surface area contributed by atoms with E-state index in [1.165, 1.54) is 0 Å². The predicted octanol–water partition coefficient (Wildman–Crippen LogP) is 2.30. The van der Waals surface area contributed by atoms with Crippen molar-refractivity contribution in [2.45, 2.75) is 25.7 Å². The van der Waals surface area contributed by atoms with E-state index in [2.05, 4.69) is 10.6 Å². The SMILES string of the molecule is O=C(Nc1cccc(COCc2ccco2)c1)NC1CCS(=O)(=O)C1. The number of amides is 2. The topological polar surface area (TPSA) is 97.6 Å². The van der Waals surface area contributed by atoms with Gasteiger partial charge in [-0.1, -0.05) is 12.1 Å². The Morgan fingerprint density at radius 3 is 2.84 bits per heavy atom. The molecule has 1 aromatic carbocycles. The summed E-state index contributed by atoms with van der Waals surface area (Å²) in [4.78, 5) is 12.0. The smallest absolute Gasteiger partial charge is 0.319 e. The van der Waals surface area contributed by atoms with E-state index in [1.807, 2.05) is 24.3 Å². The maximum Gasteiger partial charge on any atom is 0.319 e. The molecule has 25 heavy (non-hydrogen) atoms. The Morgan fingerprint density at radius 2 is 2.12 bits per heavy atom. The summed E-state index contributed by atoms with van der Waals surface area (Å²) in [5.74, 6) is 0.877. The number of anilines is 1. The van der Waals surface area contributed by atoms with E-state index in [1.54, 1.807) is 18.4 Å². The molecule has 1 aliphatic rings. The number of hydrogen-bond acceptors (Lipinski definition) is 5. The number of sulfone groups is 1. The first kappa shape index (κ1) is 17.5. The molecule has 2 heterocycles. The number of rotatable bonds is 6. The van der Waals surface area contributed by atoms with Crippen LogP contribution in [0.3, 0.4) is 0 Å². The highest BCUT2D eigenvalue weighted by molar-refractivity contribution is 7.91. The van der Waals surface area contributed by atoms with E-state index >= 15 is 0 Å². The maximum atomic E-state index is 12.0. The van der Waals surface area contributed by atoms with Crippen LogP contribution in [0.5, 0.6) is 0 Å². The van der Waals surface area contributed by atoms with Gasteiger partial charge >= 0.3 is 6.03 Å². The second-order valence-corrected chi connectivity index (χ2v) is 8.20. The number of urea groups is 1. The van der Waals surface area contributed by atoms with E-state index in [9.17, 15) is 13.2 Å². The molecule has 1 aromatic heterocycles. The quantitative estimate of drug-likeness (QED) is 0.820. The van der Waals surface area contributed by atoms with Crippen LogP contribution in [0.25, 0.3) is 0 Å². The monoisotopic (exact) mass is 364 g/mol. The van der Waals surface area contributed by atoms with Crippen molar-refractivity contribution < 1.29 is 22.4 Å². The number of carbonyl (C=O) groups is 1. The first-order valence-corrected chi connectivity index (χ1v) is 9.79. The first-order valence-electron chi connectivity index (χ1n) is 7.97. The fourth-order valence-corrected chi connectivity index (χ4v) is 4.34. The summed E-state index contributed by atoms with van der Waals surface area (Å²) in [6, 6.07) is 10.2. The summed E-state index contributed by atoms with van der Waals surface area (Å²) in [5.41, 5.74) is 1.53. The summed E-state index contributed by atoms with van der Waals surface area (Å²) in [7, 11) is -3.02. The lowest BCUT2D eigenvalue weighted by Crippen LogP contribution is -2.38. The van der Waals surface area contributed by atoms with Gasteiger partial charge in [-0.3, -0.25) is 0 Å². The maximum absolute atomic E-state index is 12.0. The molecule has 1 fully saturated rings. The molecular formula is C17H20N2O5S. The van der Waals surface area contributed by atoms with Crippen LogP contribution in [0.4, 0.5) is 10.5 Å². The van der Waals surface area contributed by atoms with Gasteiger partial charge in [-0.2, -0.15) is 0 Å². The Hall–Kier alpha value is -2.32. The molecule has 0 radical (unpaired) electrons. The highest BCUT2D eigenvalue weighted by atomic mass is 32.2. The van der Waals surface area contributed by atoms with Crippen molar-refractivity contribution in [2.75, 3.05) is 16.8 Å². The Kier molecular flexibility index (Phi) is 5.40. The Bertz CT molecular complexity index is 817. The van der Waals surface area contributed by atoms with Crippen LogP contribution in [-0.4, -0.2) is 32.0 Å². The van der Waals surface area contributed by atoms with Crippen molar-refractivity contribution >= 4 is 21.6 Å². The number of ether oxygens (including phenoxy) is 1. The molecule has 0 saturated carbocycles. The van der Waals surface area contributed by atoms with Crippen molar-refractivity contribution in [1.82, 2.24) is 5.32 Å². The van der Waals surface area contributed by atoms with Gasteiger partial charge in [0.2, 0.25) is 0 Å². The van der Waals surface area contributed by atoms with E-state index in [0.29, 0.717) is 25.3 Å². The zero-order chi connectivity index (χ0) is 17.7. The van der Waals surface area contributed by atoms with Crippen LogP contribution in [0, 0.1) is 0 Å². The third-order valence-electron chi connectivity index (χ3n) is 3.85. The summed E-state index contributed by atoms with van der Waals surface area (Å²) in [6.07, 6.45) is 2.05. The van der Waals surface area contributed by atoms with Crippen molar-refractivity contribution in [2.24, 2.45) is 0 Å². The van der Waals surface area contributed by atoms with Crippen LogP contribution in [0.15, 0.2) is 47.1 Å². The molecule has 7 nitrogen and oxygen atoms in total. The summed E-state index contributed by atoms with van der Waals surface area (Å²) < 4.78 is 33.6. The molecule has 1 unspecified atom stereocenters. The molecule has 1 atom stereocenters. The number of furan rings is 1. The van der Waals surface area contributed by atoms with Gasteiger partial charge in [-0.25, -0.2) is 13.2 Å². The van der Waals surface area contributed by atoms with Crippen LogP contribution in [-0.2, 0) is 27.8 Å². The highest BCUT2D eigenvalue weighted by Gasteiger charge is 2.28. The molecule has 3 rings (SSSR count). The minimum atomic E-state index is -3.02. The third-order valence-corrected chi connectivity index (χ3v) is 5.61. The number of carbonyl (C=O) groups excluding carboxylic acids is 1. The van der Waals surface area contributed by atoms with Gasteiger partial charge in [0.25, 0.3) is 0 Å². The Morgan fingerprint density at radius 1 is 1.24 bits per heavy atom. The molecular weight excluding hydrogens is 344 g/mol. The normalized spacial score (nSPS) is 18.8. The molecule has 0 aliphatic carbocycles. The fourth-order valence-electron chi connectivity index (χ4n) is 2.66. The molecule has 0 bridgehead atoms. The number of benzene rings is 1. The molecule has 0 spiro atoms. The summed E-state index contributed by atoms with van der Waals surface area (Å²) in [6.45, 7) is 0.764. The zero-order valence-corrected chi connectivity index (χ0v) is 14.4. The number of hydrogen-bond donors (Lipinski definition) is 2. The molecule has 8 heteroatoms. The van der Waals surface area contributed by atoms with Gasteiger partial charge in [-0.05, 0) is 36.2 Å². The van der Waals surface area contributed by atoms with Crippen LogP contribution in [0.2, 0.25) is 0 Å². The third kappa shape index (κ3) is 5.33. The van der Waals surface area contributed by atoms with Gasteiger partial charge in [-0.15, -0.1) is 0 Å². The lowest BCUT2D eigenvalue weighted by molar-refractivity contribution is 0.0930. The average molecular weight is 364 g/mol. The summed E-state index contributed by atoms with van der Waals surface area (Å²) >= 11 is 0. The van der Waals surface area contributed by atoms with Gasteiger partial charge in [0.15, 0.2) is 9.84 Å². The minimum Gasteiger partial charge on any atom is -0.467 e. The molecule has 134 valence electrons. The van der Waals surface area contributed by atoms with Crippen LogP contribution in [0.1, 0.15) is 17.7 Å². The van der Waals surface area contributed by atoms with Gasteiger partial charge < -0.3 is 19.8 Å². The second kappa shape index (κ2) is 7.71. The predicted molar refractivity (Wildman–Crippen MR) is 92.9 cm³/mol. The standard InChI is InChI=1S/C17H20N2O5S/c20-17(19-15-6-8-25(21,22)12-15)18-14-4-1-3-13(9-14)10-23-11-16-5-2-7-24-16/h1-5,7,9,15H,6,8,10-12H2,(H2,18,19,20). The van der Waals surface area contributed by atoms with Crippen molar-refractivity contribution in [3.63, 3.8) is 0 Å². The van der Waals surface area contributed by atoms with Crippen LogP contribution >= 0.6 is 0 Å². The van der Waals surface area contributed by atoms with E-state index < -0.39 is 15.9 Å². The zero-order valence-electron chi connectivity index (χ0n) is 13.6. The fraction of sp³-hybridized carbons (Fsp3) is 0.353. The minimum absolute atomic E-state index is 0.00107. The largest absolute Gasteiger partial charge is 0.467 e. The summed E-state index contributed by atoms with van der Waals surface area (Å²) in [5, 5.41) is 5.41. The Labute approximate surface area is 146 Å². The molecule has 2 aromatic rings. The number of nitrogens with one attached hydrogen (secondary N) is 2. The van der Waals surface area contributed by atoms with E-state index in [0.717, 1.165) is 11.3 Å². The Balaban J connectivity index is 1.48. The van der Waals surface area contributed by atoms with Gasteiger partial charge in [0, 0.05) is 11.7 Å². The highest BCUT2D eigenvalue weighted by Crippen LogP contribution is 2.14. The first-order chi connectivity index (χ1) is 12.0. The lowest BCUT2D eigenvalue weighted by Gasteiger charge is -2.12. The van der Waals surface area contributed by atoms with Crippen molar-refractivity contribution in [1.29, 1.82) is 0 Å². The lowest BCUT2D eigenvalue weighted by atomic mass is 10.2. The van der Waals surface area contributed by atoms with E-state index in [4.69, 9.17) is 9.15 Å². The van der Waals surface area contributed by atoms with Crippen molar-refractivity contribution in [3.05, 3.63) is 54.0 Å². The second-order valence-electron chi connectivity index (χ2n) is 5.97. The molecule has 2 amide bonds. The van der Waals surface area contributed by atoms with E-state index in [-0.39, 0.29) is 17.5 Å². The molecule has 1 saturated heterocycles. The average Bonchev–Trinajstić information content (AvgIpc) is 3.17. The van der Waals surface area contributed by atoms with Gasteiger partial charge in [0.05, 0.1) is 24.4 Å². The molecule has 1 aliphatic heterocycles.